The summed E-state index contributed by atoms with van der Waals surface area (Å²) in [5, 5.41) is 7.35. The number of carbonyl (C=O) groups is 1. The molecule has 0 bridgehead atoms. The number of aryl methyl sites for hydroxylation is 2. The van der Waals surface area contributed by atoms with Crippen molar-refractivity contribution < 1.29 is 4.79 Å². The third kappa shape index (κ3) is 3.32. The molecule has 7 nitrogen and oxygen atoms in total. The first-order valence-electron chi connectivity index (χ1n) is 6.34. The van der Waals surface area contributed by atoms with Crippen LogP contribution in [0, 0.1) is 13.8 Å². The Balaban J connectivity index is 2.13. The van der Waals surface area contributed by atoms with E-state index < -0.39 is 0 Å². The second kappa shape index (κ2) is 6.11. The summed E-state index contributed by atoms with van der Waals surface area (Å²) in [4.78, 5) is 16.1. The first kappa shape index (κ1) is 15.3. The van der Waals surface area contributed by atoms with Crippen LogP contribution in [-0.4, -0.2) is 20.7 Å². The molecule has 8 heteroatoms. The van der Waals surface area contributed by atoms with Crippen LogP contribution in [0.4, 0.5) is 5.82 Å². The monoisotopic (exact) mass is 308 g/mol. The molecular formula is C13H17ClN6O. The van der Waals surface area contributed by atoms with E-state index in [1.807, 2.05) is 20.9 Å². The number of hydrogen-bond donors (Lipinski definition) is 3. The summed E-state index contributed by atoms with van der Waals surface area (Å²) in [6.07, 6.45) is 0. The highest BCUT2D eigenvalue weighted by molar-refractivity contribution is 6.29. The molecule has 0 spiro atoms. The zero-order valence-electron chi connectivity index (χ0n) is 12.1. The molecule has 0 aromatic carbocycles. The number of amides is 1. The lowest BCUT2D eigenvalue weighted by molar-refractivity contribution is 0.0951. The van der Waals surface area contributed by atoms with Crippen molar-refractivity contribution in [3.05, 3.63) is 39.8 Å². The van der Waals surface area contributed by atoms with E-state index in [2.05, 4.69) is 20.8 Å². The first-order chi connectivity index (χ1) is 9.92. The Kier molecular flexibility index (Phi) is 4.44. The molecule has 2 aromatic rings. The van der Waals surface area contributed by atoms with Gasteiger partial charge in [-0.3, -0.25) is 9.48 Å². The molecule has 21 heavy (non-hydrogen) atoms. The van der Waals surface area contributed by atoms with E-state index in [9.17, 15) is 4.79 Å². The third-order valence-corrected chi connectivity index (χ3v) is 3.48. The van der Waals surface area contributed by atoms with E-state index in [0.717, 1.165) is 17.0 Å². The smallest absolute Gasteiger partial charge is 0.251 e. The zero-order chi connectivity index (χ0) is 15.6. The highest BCUT2D eigenvalue weighted by Gasteiger charge is 2.13. The number of nitrogens with one attached hydrogen (secondary N) is 2. The number of halogens is 1. The second-order valence-corrected chi connectivity index (χ2v) is 5.05. The van der Waals surface area contributed by atoms with Crippen molar-refractivity contribution in [2.24, 2.45) is 12.9 Å². The Labute approximate surface area is 127 Å². The van der Waals surface area contributed by atoms with Crippen LogP contribution in [0.1, 0.15) is 27.3 Å². The highest BCUT2D eigenvalue weighted by Crippen LogP contribution is 2.15. The SMILES string of the molecule is Cc1nn(C)c(C)c1CNC(=O)c1cc(Cl)nc(NN)c1. The van der Waals surface area contributed by atoms with Gasteiger partial charge in [0, 0.05) is 30.4 Å². The topological polar surface area (TPSA) is 97.9 Å². The molecule has 112 valence electrons. The van der Waals surface area contributed by atoms with Crippen LogP contribution >= 0.6 is 11.6 Å². The van der Waals surface area contributed by atoms with E-state index in [4.69, 9.17) is 17.4 Å². The minimum atomic E-state index is -0.251. The van der Waals surface area contributed by atoms with Crippen molar-refractivity contribution >= 4 is 23.3 Å². The molecule has 2 rings (SSSR count). The van der Waals surface area contributed by atoms with Crippen LogP contribution in [0.15, 0.2) is 12.1 Å². The number of hydrazine groups is 1. The van der Waals surface area contributed by atoms with Gasteiger partial charge in [-0.1, -0.05) is 11.6 Å². The number of nitrogens with zero attached hydrogens (tertiary/aromatic N) is 3. The fraction of sp³-hybridized carbons (Fsp3) is 0.308. The van der Waals surface area contributed by atoms with Crippen molar-refractivity contribution in [3.8, 4) is 0 Å². The standard InChI is InChI=1S/C13H17ClN6O/c1-7-10(8(2)20(3)19-7)6-16-13(21)9-4-11(14)17-12(5-9)18-15/h4-5H,6,15H2,1-3H3,(H,16,21)(H,17,18). The van der Waals surface area contributed by atoms with Crippen molar-refractivity contribution in [1.82, 2.24) is 20.1 Å². The lowest BCUT2D eigenvalue weighted by atomic mass is 10.2. The Morgan fingerprint density at radius 3 is 2.71 bits per heavy atom. The molecule has 0 aliphatic rings. The van der Waals surface area contributed by atoms with E-state index in [1.54, 1.807) is 4.68 Å². The summed E-state index contributed by atoms with van der Waals surface area (Å²) in [5.41, 5.74) is 5.68. The average Bonchev–Trinajstić information content (AvgIpc) is 2.69. The maximum absolute atomic E-state index is 12.2. The minimum absolute atomic E-state index is 0.198. The summed E-state index contributed by atoms with van der Waals surface area (Å²) in [7, 11) is 1.87. The number of anilines is 1. The van der Waals surface area contributed by atoms with Crippen LogP contribution in [-0.2, 0) is 13.6 Å². The number of rotatable bonds is 4. The molecular weight excluding hydrogens is 292 g/mol. The fourth-order valence-electron chi connectivity index (χ4n) is 2.05. The molecule has 0 saturated heterocycles. The Bertz CT molecular complexity index is 682. The second-order valence-electron chi connectivity index (χ2n) is 4.66. The number of carbonyl (C=O) groups excluding carboxylic acids is 1. The van der Waals surface area contributed by atoms with E-state index in [1.165, 1.54) is 12.1 Å². The average molecular weight is 309 g/mol. The normalized spacial score (nSPS) is 10.5. The quantitative estimate of drug-likeness (QED) is 0.449. The molecule has 0 unspecified atom stereocenters. The number of hydrogen-bond acceptors (Lipinski definition) is 5. The fourth-order valence-corrected chi connectivity index (χ4v) is 2.25. The minimum Gasteiger partial charge on any atom is -0.348 e. The van der Waals surface area contributed by atoms with Gasteiger partial charge >= 0.3 is 0 Å². The molecule has 2 aromatic heterocycles. The van der Waals surface area contributed by atoms with E-state index >= 15 is 0 Å². The van der Waals surface area contributed by atoms with Gasteiger partial charge in [0.05, 0.1) is 5.69 Å². The van der Waals surface area contributed by atoms with Crippen molar-refractivity contribution in [1.29, 1.82) is 0 Å². The molecule has 4 N–H and O–H groups in total. The maximum atomic E-state index is 12.2. The van der Waals surface area contributed by atoms with Gasteiger partial charge in [0.1, 0.15) is 11.0 Å². The Hall–Kier alpha value is -2.12. The summed E-state index contributed by atoms with van der Waals surface area (Å²) >= 11 is 5.84. The van der Waals surface area contributed by atoms with Crippen LogP contribution < -0.4 is 16.6 Å². The van der Waals surface area contributed by atoms with Crippen molar-refractivity contribution in [2.75, 3.05) is 5.43 Å². The van der Waals surface area contributed by atoms with Crippen LogP contribution in [0.3, 0.4) is 0 Å². The molecule has 0 aliphatic carbocycles. The predicted octanol–water partition coefficient (Wildman–Crippen LogP) is 1.30. The Morgan fingerprint density at radius 1 is 1.43 bits per heavy atom. The number of aromatic nitrogens is 3. The number of nitrogens with two attached hydrogens (primary N) is 1. The third-order valence-electron chi connectivity index (χ3n) is 3.29. The molecule has 0 radical (unpaired) electrons. The van der Waals surface area contributed by atoms with Crippen molar-refractivity contribution in [2.45, 2.75) is 20.4 Å². The Morgan fingerprint density at radius 2 is 2.14 bits per heavy atom. The zero-order valence-corrected chi connectivity index (χ0v) is 12.8. The van der Waals surface area contributed by atoms with Gasteiger partial charge in [-0.05, 0) is 26.0 Å². The molecule has 0 atom stereocenters. The molecule has 0 saturated carbocycles. The van der Waals surface area contributed by atoms with Crippen LogP contribution in [0.2, 0.25) is 5.15 Å². The maximum Gasteiger partial charge on any atom is 0.251 e. The van der Waals surface area contributed by atoms with Crippen LogP contribution in [0.5, 0.6) is 0 Å². The predicted molar refractivity (Wildman–Crippen MR) is 80.9 cm³/mol. The summed E-state index contributed by atoms with van der Waals surface area (Å²) < 4.78 is 1.79. The van der Waals surface area contributed by atoms with Gasteiger partial charge in [-0.15, -0.1) is 0 Å². The van der Waals surface area contributed by atoms with Gasteiger partial charge in [0.2, 0.25) is 0 Å². The summed E-state index contributed by atoms with van der Waals surface area (Å²) in [6, 6.07) is 3.02. The van der Waals surface area contributed by atoms with Gasteiger partial charge in [-0.2, -0.15) is 5.10 Å². The van der Waals surface area contributed by atoms with Gasteiger partial charge < -0.3 is 10.7 Å². The lowest BCUT2D eigenvalue weighted by Gasteiger charge is -2.08. The molecule has 0 aliphatic heterocycles. The number of nitrogen functional groups attached to an aromatic ring is 1. The number of pyridine rings is 1. The highest BCUT2D eigenvalue weighted by atomic mass is 35.5. The van der Waals surface area contributed by atoms with E-state index in [0.29, 0.717) is 17.9 Å². The van der Waals surface area contributed by atoms with Crippen LogP contribution in [0.25, 0.3) is 0 Å². The largest absolute Gasteiger partial charge is 0.348 e. The van der Waals surface area contributed by atoms with E-state index in [-0.39, 0.29) is 11.1 Å². The molecule has 2 heterocycles. The van der Waals surface area contributed by atoms with Crippen molar-refractivity contribution in [3.63, 3.8) is 0 Å². The summed E-state index contributed by atoms with van der Waals surface area (Å²) in [6.45, 7) is 4.27. The van der Waals surface area contributed by atoms with Gasteiger partial charge in [-0.25, -0.2) is 10.8 Å². The van der Waals surface area contributed by atoms with Gasteiger partial charge in [0.15, 0.2) is 0 Å². The lowest BCUT2D eigenvalue weighted by Crippen LogP contribution is -2.24. The summed E-state index contributed by atoms with van der Waals surface area (Å²) in [5.74, 6) is 5.36. The molecule has 1 amide bonds. The van der Waals surface area contributed by atoms with Gasteiger partial charge in [0.25, 0.3) is 5.91 Å². The first-order valence-corrected chi connectivity index (χ1v) is 6.71. The molecule has 0 fully saturated rings.